The Bertz CT molecular complexity index is 951. The van der Waals surface area contributed by atoms with E-state index in [-0.39, 0.29) is 55.7 Å². The van der Waals surface area contributed by atoms with Gasteiger partial charge in [0.2, 0.25) is 0 Å². The molecule has 1 heterocycles. The summed E-state index contributed by atoms with van der Waals surface area (Å²) in [6.07, 6.45) is 0.212. The Balaban J connectivity index is 3.49. The molecule has 194 valence electrons. The molecule has 1 aromatic rings. The zero-order valence-corrected chi connectivity index (χ0v) is 21.7. The predicted molar refractivity (Wildman–Crippen MR) is 129 cm³/mol. The number of methoxy groups -OCH3 is 2. The Hall–Kier alpha value is -2.34. The van der Waals surface area contributed by atoms with Gasteiger partial charge >= 0.3 is 29.0 Å². The third-order valence-corrected chi connectivity index (χ3v) is 6.95. The summed E-state index contributed by atoms with van der Waals surface area (Å²) in [6, 6.07) is 0. The van der Waals surface area contributed by atoms with E-state index in [0.29, 0.717) is 12.2 Å². The zero-order chi connectivity index (χ0) is 26.1. The fourth-order valence-electron chi connectivity index (χ4n) is 3.59. The van der Waals surface area contributed by atoms with E-state index < -0.39 is 29.0 Å². The molecule has 11 nitrogen and oxygen atoms in total. The van der Waals surface area contributed by atoms with Crippen LogP contribution in [-0.2, 0) is 38.7 Å². The van der Waals surface area contributed by atoms with E-state index in [1.54, 1.807) is 11.8 Å². The molecule has 0 spiro atoms. The van der Waals surface area contributed by atoms with Gasteiger partial charge in [0.25, 0.3) is 0 Å². The van der Waals surface area contributed by atoms with Crippen molar-refractivity contribution in [3.8, 4) is 0 Å². The fraction of sp³-hybridized carbons (Fsp3) is 0.773. The number of ether oxygens (including phenoxy) is 2. The highest BCUT2D eigenvalue weighted by Gasteiger charge is 2.28. The van der Waals surface area contributed by atoms with Crippen molar-refractivity contribution in [3.05, 3.63) is 31.5 Å². The molecule has 0 saturated heterocycles. The number of aliphatic hydroxyl groups excluding tert-OH is 1. The van der Waals surface area contributed by atoms with Crippen molar-refractivity contribution in [1.82, 2.24) is 13.7 Å². The Morgan fingerprint density at radius 3 is 1.74 bits per heavy atom. The largest absolute Gasteiger partial charge is 0.469 e. The first kappa shape index (κ1) is 29.7. The number of nitrogens with zero attached hydrogens (tertiary/aromatic N) is 3. The second-order valence-corrected chi connectivity index (χ2v) is 10.8. The standard InChI is InChI=1S/C22H37N3O8S/c1-15(2)16(13-22(3,4)34-12-11-26)14-25-20(30)23(9-7-17(27)32-5)19(29)24(21(25)31)10-8-18(28)33-6/h15-16,26H,7-14H2,1-6H3. The lowest BCUT2D eigenvalue weighted by molar-refractivity contribution is -0.141. The van der Waals surface area contributed by atoms with Crippen molar-refractivity contribution in [2.45, 2.75) is 71.3 Å². The van der Waals surface area contributed by atoms with E-state index >= 15 is 0 Å². The van der Waals surface area contributed by atoms with Crippen LogP contribution in [0.2, 0.25) is 0 Å². The summed E-state index contributed by atoms with van der Waals surface area (Å²) in [5.41, 5.74) is -2.50. The van der Waals surface area contributed by atoms with Crippen LogP contribution in [0, 0.1) is 11.8 Å². The number of thioether (sulfide) groups is 1. The molecule has 0 aliphatic rings. The molecule has 1 aromatic heterocycles. The van der Waals surface area contributed by atoms with Gasteiger partial charge in [0, 0.05) is 30.1 Å². The molecule has 1 N–H and O–H groups in total. The van der Waals surface area contributed by atoms with Crippen molar-refractivity contribution >= 4 is 23.7 Å². The molecule has 0 aliphatic carbocycles. The van der Waals surface area contributed by atoms with Gasteiger partial charge in [-0.25, -0.2) is 28.1 Å². The van der Waals surface area contributed by atoms with Crippen LogP contribution in [-0.4, -0.2) is 62.1 Å². The quantitative estimate of drug-likeness (QED) is 0.359. The smallest absolute Gasteiger partial charge is 0.336 e. The van der Waals surface area contributed by atoms with Gasteiger partial charge in [0.1, 0.15) is 0 Å². The Labute approximate surface area is 203 Å². The average molecular weight is 504 g/mol. The van der Waals surface area contributed by atoms with Gasteiger partial charge in [-0.2, -0.15) is 11.8 Å². The molecule has 1 atom stereocenters. The van der Waals surface area contributed by atoms with Crippen molar-refractivity contribution < 1.29 is 24.2 Å². The Morgan fingerprint density at radius 2 is 1.35 bits per heavy atom. The van der Waals surface area contributed by atoms with Crippen LogP contribution in [0.4, 0.5) is 0 Å². The molecule has 0 aliphatic heterocycles. The van der Waals surface area contributed by atoms with Crippen LogP contribution < -0.4 is 17.1 Å². The zero-order valence-electron chi connectivity index (χ0n) is 20.9. The number of aliphatic hydroxyl groups is 1. The highest BCUT2D eigenvalue weighted by Crippen LogP contribution is 2.34. The minimum absolute atomic E-state index is 0.0515. The first-order valence-electron chi connectivity index (χ1n) is 11.2. The highest BCUT2D eigenvalue weighted by molar-refractivity contribution is 8.00. The van der Waals surface area contributed by atoms with Crippen molar-refractivity contribution in [2.24, 2.45) is 11.8 Å². The van der Waals surface area contributed by atoms with Crippen LogP contribution in [0.1, 0.15) is 47.0 Å². The molecular formula is C22H37N3O8S. The van der Waals surface area contributed by atoms with Gasteiger partial charge in [-0.15, -0.1) is 0 Å². The first-order chi connectivity index (χ1) is 15.9. The number of esters is 2. The molecule has 1 unspecified atom stereocenters. The van der Waals surface area contributed by atoms with Gasteiger partial charge in [-0.1, -0.05) is 27.7 Å². The average Bonchev–Trinajstić information content (AvgIpc) is 2.78. The predicted octanol–water partition coefficient (Wildman–Crippen LogP) is 0.464. The highest BCUT2D eigenvalue weighted by atomic mass is 32.2. The number of carbonyl (C=O) groups is 2. The summed E-state index contributed by atoms with van der Waals surface area (Å²) in [4.78, 5) is 62.5. The molecule has 0 saturated carbocycles. The minimum Gasteiger partial charge on any atom is -0.469 e. The van der Waals surface area contributed by atoms with Crippen LogP contribution >= 0.6 is 11.8 Å². The Morgan fingerprint density at radius 1 is 0.912 bits per heavy atom. The second-order valence-electron chi connectivity index (χ2n) is 8.95. The van der Waals surface area contributed by atoms with E-state index in [2.05, 4.69) is 9.47 Å². The molecule has 12 heteroatoms. The maximum atomic E-state index is 13.2. The number of carbonyl (C=O) groups excluding carboxylic acids is 2. The van der Waals surface area contributed by atoms with Crippen molar-refractivity contribution in [3.63, 3.8) is 0 Å². The van der Waals surface area contributed by atoms with E-state index in [1.165, 1.54) is 14.2 Å². The van der Waals surface area contributed by atoms with Crippen LogP contribution in [0.25, 0.3) is 0 Å². The summed E-state index contributed by atoms with van der Waals surface area (Å²) in [5.74, 6) is -0.622. The monoisotopic (exact) mass is 503 g/mol. The summed E-state index contributed by atoms with van der Waals surface area (Å²) < 4.78 is 11.7. The minimum atomic E-state index is -0.890. The molecule has 34 heavy (non-hydrogen) atoms. The van der Waals surface area contributed by atoms with E-state index in [9.17, 15) is 29.1 Å². The van der Waals surface area contributed by atoms with Crippen LogP contribution in [0.15, 0.2) is 14.4 Å². The van der Waals surface area contributed by atoms with Gasteiger partial charge in [0.05, 0.1) is 33.7 Å². The lowest BCUT2D eigenvalue weighted by Crippen LogP contribution is -2.55. The van der Waals surface area contributed by atoms with Crippen molar-refractivity contribution in [2.75, 3.05) is 26.6 Å². The molecule has 1 rings (SSSR count). The third-order valence-electron chi connectivity index (χ3n) is 5.62. The van der Waals surface area contributed by atoms with E-state index in [4.69, 9.17) is 0 Å². The maximum Gasteiger partial charge on any atom is 0.336 e. The summed E-state index contributed by atoms with van der Waals surface area (Å²) in [5, 5.41) is 9.17. The van der Waals surface area contributed by atoms with Gasteiger partial charge in [0.15, 0.2) is 0 Å². The summed E-state index contributed by atoms with van der Waals surface area (Å²) >= 11 is 1.60. The number of hydrogen-bond donors (Lipinski definition) is 1. The normalized spacial score (nSPS) is 12.6. The molecule has 0 aromatic carbocycles. The van der Waals surface area contributed by atoms with Gasteiger partial charge < -0.3 is 14.6 Å². The summed E-state index contributed by atoms with van der Waals surface area (Å²) in [6.45, 7) is 7.66. The summed E-state index contributed by atoms with van der Waals surface area (Å²) in [7, 11) is 2.40. The lowest BCUT2D eigenvalue weighted by Gasteiger charge is -2.31. The van der Waals surface area contributed by atoms with Gasteiger partial charge in [-0.3, -0.25) is 9.59 Å². The third kappa shape index (κ3) is 8.46. The van der Waals surface area contributed by atoms with Crippen molar-refractivity contribution in [1.29, 1.82) is 0 Å². The Kier molecular flexibility index (Phi) is 11.8. The fourth-order valence-corrected chi connectivity index (χ4v) is 4.57. The number of aromatic nitrogens is 3. The first-order valence-corrected chi connectivity index (χ1v) is 12.2. The van der Waals surface area contributed by atoms with Crippen LogP contribution in [0.3, 0.4) is 0 Å². The number of hydrogen-bond acceptors (Lipinski definition) is 9. The van der Waals surface area contributed by atoms with Gasteiger partial charge in [-0.05, 0) is 18.3 Å². The topological polar surface area (TPSA) is 139 Å². The molecular weight excluding hydrogens is 466 g/mol. The lowest BCUT2D eigenvalue weighted by atomic mass is 9.87. The maximum absolute atomic E-state index is 13.2. The SMILES string of the molecule is COC(=O)CCn1c(=O)n(CCC(=O)OC)c(=O)n(CC(CC(C)(C)SCCO)C(C)C)c1=O. The molecule has 0 bridgehead atoms. The van der Waals surface area contributed by atoms with Crippen LogP contribution in [0.5, 0.6) is 0 Å². The van der Waals surface area contributed by atoms with E-state index in [1.807, 2.05) is 27.7 Å². The number of rotatable bonds is 14. The second kappa shape index (κ2) is 13.5. The van der Waals surface area contributed by atoms with E-state index in [0.717, 1.165) is 13.7 Å². The molecule has 0 radical (unpaired) electrons. The molecule has 0 amide bonds. The molecule has 0 fully saturated rings.